The van der Waals surface area contributed by atoms with Gasteiger partial charge in [-0.3, -0.25) is 9.59 Å². The molecule has 1 atom stereocenters. The lowest BCUT2D eigenvalue weighted by Crippen LogP contribution is -2.19. The summed E-state index contributed by atoms with van der Waals surface area (Å²) in [5.41, 5.74) is 2.53. The van der Waals surface area contributed by atoms with Crippen molar-refractivity contribution in [3.05, 3.63) is 98.1 Å². The van der Waals surface area contributed by atoms with E-state index in [0.29, 0.717) is 21.8 Å². The molecule has 0 radical (unpaired) electrons. The van der Waals surface area contributed by atoms with Crippen LogP contribution in [-0.2, 0) is 4.79 Å². The number of benzene rings is 3. The van der Waals surface area contributed by atoms with Crippen LogP contribution in [0.3, 0.4) is 0 Å². The molecule has 0 heterocycles. The van der Waals surface area contributed by atoms with Gasteiger partial charge in [0.05, 0.1) is 16.6 Å². The SMILES string of the molecule is C[C@@H](C(=O)Nc1ccc(I)cc1Cl)c1cccc(C(=O)c2ccccc2)c1. The summed E-state index contributed by atoms with van der Waals surface area (Å²) in [4.78, 5) is 25.3. The molecule has 0 bridgehead atoms. The van der Waals surface area contributed by atoms with E-state index in [2.05, 4.69) is 27.9 Å². The van der Waals surface area contributed by atoms with E-state index in [1.807, 2.05) is 37.3 Å². The second-order valence-corrected chi connectivity index (χ2v) is 7.81. The lowest BCUT2D eigenvalue weighted by Gasteiger charge is -2.14. The molecule has 3 aromatic rings. The standard InChI is InChI=1S/C22H17ClINO2/c1-14(22(27)25-20-11-10-18(24)13-19(20)23)16-8-5-9-17(12-16)21(26)15-6-3-2-4-7-15/h2-14H,1H3,(H,25,27)/t14-/m1/s1. The van der Waals surface area contributed by atoms with Gasteiger partial charge >= 0.3 is 0 Å². The summed E-state index contributed by atoms with van der Waals surface area (Å²) in [6.45, 7) is 1.81. The summed E-state index contributed by atoms with van der Waals surface area (Å²) in [5, 5.41) is 3.35. The number of amides is 1. The molecule has 1 N–H and O–H groups in total. The zero-order valence-corrected chi connectivity index (χ0v) is 17.5. The molecule has 0 unspecified atom stereocenters. The minimum Gasteiger partial charge on any atom is -0.324 e. The second kappa shape index (κ2) is 8.67. The summed E-state index contributed by atoms with van der Waals surface area (Å²) in [7, 11) is 0. The van der Waals surface area contributed by atoms with Crippen LogP contribution in [0.5, 0.6) is 0 Å². The van der Waals surface area contributed by atoms with Gasteiger partial charge in [-0.1, -0.05) is 60.1 Å². The molecular weight excluding hydrogens is 473 g/mol. The average molecular weight is 490 g/mol. The van der Waals surface area contributed by atoms with E-state index in [1.165, 1.54) is 0 Å². The first-order valence-electron chi connectivity index (χ1n) is 8.41. The van der Waals surface area contributed by atoms with Crippen LogP contribution in [0, 0.1) is 3.57 Å². The zero-order chi connectivity index (χ0) is 19.4. The van der Waals surface area contributed by atoms with Crippen LogP contribution < -0.4 is 5.32 Å². The van der Waals surface area contributed by atoms with Gasteiger partial charge in [0.1, 0.15) is 0 Å². The highest BCUT2D eigenvalue weighted by atomic mass is 127. The first-order valence-corrected chi connectivity index (χ1v) is 9.87. The number of hydrogen-bond donors (Lipinski definition) is 1. The lowest BCUT2D eigenvalue weighted by molar-refractivity contribution is -0.117. The number of hydrogen-bond acceptors (Lipinski definition) is 2. The minimum atomic E-state index is -0.427. The molecule has 0 fully saturated rings. The molecule has 0 saturated carbocycles. The molecule has 27 heavy (non-hydrogen) atoms. The minimum absolute atomic E-state index is 0.0641. The van der Waals surface area contributed by atoms with Gasteiger partial charge in [-0.15, -0.1) is 0 Å². The fourth-order valence-electron chi connectivity index (χ4n) is 2.69. The van der Waals surface area contributed by atoms with Gasteiger partial charge in [-0.2, -0.15) is 0 Å². The van der Waals surface area contributed by atoms with Gasteiger partial charge in [0.25, 0.3) is 0 Å². The Balaban J connectivity index is 1.79. The van der Waals surface area contributed by atoms with Crippen molar-refractivity contribution in [3.63, 3.8) is 0 Å². The Morgan fingerprint density at radius 3 is 2.33 bits per heavy atom. The highest BCUT2D eigenvalue weighted by molar-refractivity contribution is 14.1. The van der Waals surface area contributed by atoms with Crippen LogP contribution in [0.25, 0.3) is 0 Å². The third kappa shape index (κ3) is 4.76. The molecular formula is C22H17ClINO2. The molecule has 3 rings (SSSR count). The number of ketones is 1. The molecule has 1 amide bonds. The molecule has 0 saturated heterocycles. The summed E-state index contributed by atoms with van der Waals surface area (Å²) < 4.78 is 0.996. The monoisotopic (exact) mass is 489 g/mol. The first kappa shape index (κ1) is 19.6. The molecule has 0 spiro atoms. The van der Waals surface area contributed by atoms with Crippen LogP contribution in [0.2, 0.25) is 5.02 Å². The normalized spacial score (nSPS) is 11.7. The van der Waals surface area contributed by atoms with Gasteiger partial charge in [-0.25, -0.2) is 0 Å². The molecule has 3 aromatic carbocycles. The zero-order valence-electron chi connectivity index (χ0n) is 14.6. The summed E-state index contributed by atoms with van der Waals surface area (Å²) >= 11 is 8.36. The smallest absolute Gasteiger partial charge is 0.231 e. The molecule has 0 aliphatic carbocycles. The van der Waals surface area contributed by atoms with Crippen molar-refractivity contribution < 1.29 is 9.59 Å². The third-order valence-electron chi connectivity index (χ3n) is 4.27. The Labute approximate surface area is 176 Å². The van der Waals surface area contributed by atoms with Crippen molar-refractivity contribution in [1.82, 2.24) is 0 Å². The quantitative estimate of drug-likeness (QED) is 0.357. The average Bonchev–Trinajstić information content (AvgIpc) is 2.69. The number of anilines is 1. The summed E-state index contributed by atoms with van der Waals surface area (Å²) in [6.07, 6.45) is 0. The Hall–Kier alpha value is -2.18. The van der Waals surface area contributed by atoms with E-state index in [9.17, 15) is 9.59 Å². The molecule has 0 aliphatic heterocycles. The Bertz CT molecular complexity index is 989. The van der Waals surface area contributed by atoms with Gasteiger partial charge < -0.3 is 5.32 Å². The molecule has 0 aromatic heterocycles. The largest absolute Gasteiger partial charge is 0.324 e. The number of carbonyl (C=O) groups is 2. The van der Waals surface area contributed by atoms with Crippen LogP contribution in [0.15, 0.2) is 72.8 Å². The summed E-state index contributed by atoms with van der Waals surface area (Å²) in [5.74, 6) is -0.669. The van der Waals surface area contributed by atoms with Gasteiger partial charge in [-0.05, 0) is 59.3 Å². The Kier molecular flexibility index (Phi) is 6.29. The van der Waals surface area contributed by atoms with Crippen molar-refractivity contribution in [2.75, 3.05) is 5.32 Å². The van der Waals surface area contributed by atoms with E-state index in [0.717, 1.165) is 9.13 Å². The number of carbonyl (C=O) groups excluding carboxylic acids is 2. The van der Waals surface area contributed by atoms with Crippen molar-refractivity contribution in [1.29, 1.82) is 0 Å². The number of nitrogens with one attached hydrogen (secondary N) is 1. The van der Waals surface area contributed by atoms with Gasteiger partial charge in [0.15, 0.2) is 5.78 Å². The van der Waals surface area contributed by atoms with Crippen LogP contribution in [0.4, 0.5) is 5.69 Å². The van der Waals surface area contributed by atoms with Crippen molar-refractivity contribution in [3.8, 4) is 0 Å². The number of rotatable bonds is 5. The predicted molar refractivity (Wildman–Crippen MR) is 118 cm³/mol. The maximum atomic E-state index is 12.6. The molecule has 3 nitrogen and oxygen atoms in total. The van der Waals surface area contributed by atoms with Crippen LogP contribution in [0.1, 0.15) is 34.3 Å². The summed E-state index contributed by atoms with van der Waals surface area (Å²) in [6, 6.07) is 21.7. The second-order valence-electron chi connectivity index (χ2n) is 6.16. The predicted octanol–water partition coefficient (Wildman–Crippen LogP) is 5.92. The van der Waals surface area contributed by atoms with Crippen molar-refractivity contribution >= 4 is 51.6 Å². The van der Waals surface area contributed by atoms with E-state index in [-0.39, 0.29) is 11.7 Å². The van der Waals surface area contributed by atoms with Crippen LogP contribution >= 0.6 is 34.2 Å². The first-order chi connectivity index (χ1) is 13.0. The van der Waals surface area contributed by atoms with E-state index in [4.69, 9.17) is 11.6 Å². The van der Waals surface area contributed by atoms with E-state index in [1.54, 1.807) is 42.5 Å². The van der Waals surface area contributed by atoms with E-state index < -0.39 is 5.92 Å². The van der Waals surface area contributed by atoms with E-state index >= 15 is 0 Å². The fraction of sp³-hybridized carbons (Fsp3) is 0.0909. The molecule has 5 heteroatoms. The Morgan fingerprint density at radius 2 is 1.63 bits per heavy atom. The number of halogens is 2. The van der Waals surface area contributed by atoms with Gasteiger partial charge in [0.2, 0.25) is 5.91 Å². The van der Waals surface area contributed by atoms with Crippen LogP contribution in [-0.4, -0.2) is 11.7 Å². The van der Waals surface area contributed by atoms with Crippen molar-refractivity contribution in [2.45, 2.75) is 12.8 Å². The fourth-order valence-corrected chi connectivity index (χ4v) is 3.59. The highest BCUT2D eigenvalue weighted by Gasteiger charge is 2.18. The Morgan fingerprint density at radius 1 is 0.926 bits per heavy atom. The molecule has 0 aliphatic rings. The third-order valence-corrected chi connectivity index (χ3v) is 5.25. The van der Waals surface area contributed by atoms with Gasteiger partial charge in [0, 0.05) is 14.7 Å². The maximum Gasteiger partial charge on any atom is 0.231 e. The maximum absolute atomic E-state index is 12.6. The highest BCUT2D eigenvalue weighted by Crippen LogP contribution is 2.26. The molecule has 136 valence electrons. The lowest BCUT2D eigenvalue weighted by atomic mass is 9.95. The van der Waals surface area contributed by atoms with Crippen molar-refractivity contribution in [2.24, 2.45) is 0 Å². The topological polar surface area (TPSA) is 46.2 Å².